The molecular weight excluding hydrogens is 1040 g/mol. The molecule has 418 valence electrons. The van der Waals surface area contributed by atoms with Crippen molar-refractivity contribution >= 4 is 122 Å². The highest BCUT2D eigenvalue weighted by Crippen LogP contribution is 2.63. The van der Waals surface area contributed by atoms with Gasteiger partial charge in [0.05, 0.1) is 27.3 Å². The predicted molar refractivity (Wildman–Crippen MR) is 362 cm³/mol. The Hall–Kier alpha value is -7.54. The molecule has 1 fully saturated rings. The highest BCUT2D eigenvalue weighted by Gasteiger charge is 2.59. The van der Waals surface area contributed by atoms with Crippen molar-refractivity contribution in [2.24, 2.45) is 0 Å². The fourth-order valence-electron chi connectivity index (χ4n) is 16.5. The number of nitrogens with zero attached hydrogens (tertiary/aromatic N) is 3. The molecule has 4 nitrogen and oxygen atoms in total. The fourth-order valence-corrected chi connectivity index (χ4v) is 17.7. The van der Waals surface area contributed by atoms with Gasteiger partial charge in [-0.25, -0.2) is 0 Å². The fraction of sp³-hybridized carbons (Fsp3) is 0.308. The molecule has 5 heterocycles. The largest absolute Gasteiger partial charge is 0.454 e. The minimum absolute atomic E-state index is 0.00818. The van der Waals surface area contributed by atoms with E-state index in [9.17, 15) is 0 Å². The van der Waals surface area contributed by atoms with Crippen molar-refractivity contribution in [3.8, 4) is 11.1 Å². The van der Waals surface area contributed by atoms with Gasteiger partial charge in [-0.1, -0.05) is 204 Å². The predicted octanol–water partition coefficient (Wildman–Crippen LogP) is 20.4. The van der Waals surface area contributed by atoms with E-state index in [4.69, 9.17) is 4.42 Å². The molecular formula is C78H76BN3OS. The lowest BCUT2D eigenvalue weighted by atomic mass is 9.33. The quantitative estimate of drug-likeness (QED) is 0.164. The lowest BCUT2D eigenvalue weighted by molar-refractivity contribution is 0.195. The molecule has 84 heavy (non-hydrogen) atoms. The molecule has 16 rings (SSSR count). The second-order valence-corrected chi connectivity index (χ2v) is 30.5. The van der Waals surface area contributed by atoms with E-state index in [1.165, 1.54) is 122 Å². The van der Waals surface area contributed by atoms with Crippen molar-refractivity contribution in [2.45, 2.75) is 154 Å². The maximum absolute atomic E-state index is 7.44. The Bertz CT molecular complexity index is 4600. The lowest BCUT2D eigenvalue weighted by Crippen LogP contribution is -2.62. The van der Waals surface area contributed by atoms with Gasteiger partial charge in [-0.2, -0.15) is 0 Å². The number of anilines is 8. The van der Waals surface area contributed by atoms with E-state index in [1.54, 1.807) is 0 Å². The maximum Gasteiger partial charge on any atom is 0.252 e. The first-order chi connectivity index (χ1) is 40.1. The van der Waals surface area contributed by atoms with Gasteiger partial charge in [-0.3, -0.25) is 0 Å². The van der Waals surface area contributed by atoms with Gasteiger partial charge in [0.25, 0.3) is 6.71 Å². The Kier molecular flexibility index (Phi) is 10.9. The van der Waals surface area contributed by atoms with Crippen LogP contribution in [0.25, 0.3) is 53.2 Å². The summed E-state index contributed by atoms with van der Waals surface area (Å²) in [5.41, 5.74) is 24.7. The zero-order valence-electron chi connectivity index (χ0n) is 51.1. The molecule has 1 saturated carbocycles. The van der Waals surface area contributed by atoms with Crippen LogP contribution in [0.5, 0.6) is 0 Å². The summed E-state index contributed by atoms with van der Waals surface area (Å²) in [7, 11) is 0. The zero-order valence-corrected chi connectivity index (χ0v) is 52.0. The van der Waals surface area contributed by atoms with Gasteiger partial charge in [-0.15, -0.1) is 11.3 Å². The van der Waals surface area contributed by atoms with Gasteiger partial charge < -0.3 is 19.1 Å². The number of hydrogen-bond acceptors (Lipinski definition) is 5. The lowest BCUT2D eigenvalue weighted by Gasteiger charge is -2.51. The van der Waals surface area contributed by atoms with Crippen LogP contribution in [0, 0.1) is 0 Å². The van der Waals surface area contributed by atoms with E-state index in [0.29, 0.717) is 0 Å². The molecule has 0 spiro atoms. The zero-order chi connectivity index (χ0) is 57.8. The summed E-state index contributed by atoms with van der Waals surface area (Å²) >= 11 is 1.94. The standard InChI is InChI=1S/C78H76BN3OS/c1-73(2,3)48-31-35-61(55(41-48)47-23-14-13-15-24-47)81-66-44-50(82-62-36-32-49(74(4,5)6)42-58(62)77(11)37-20-21-38-78(77,82)12)43-65-69(66)79(59-34-33-53-51-25-16-18-29-67(51)83-71(53)70(59)81)60-45-56-57(76(9,10)40-39-75(56,7)8)46-64(60)80(65)63-28-22-27-54-52-26-17-19-30-68(52)84-72(54)63/h13-19,22-36,41-46H,20-21,37-40H2,1-12H3. The molecule has 0 amide bonds. The second kappa shape index (κ2) is 17.5. The molecule has 2 aliphatic carbocycles. The molecule has 3 aliphatic heterocycles. The Morgan fingerprint density at radius 3 is 1.87 bits per heavy atom. The summed E-state index contributed by atoms with van der Waals surface area (Å²) in [6.45, 7) is 29.2. The second-order valence-electron chi connectivity index (χ2n) is 29.4. The van der Waals surface area contributed by atoms with Gasteiger partial charge in [0.2, 0.25) is 0 Å². The molecule has 2 unspecified atom stereocenters. The van der Waals surface area contributed by atoms with Crippen molar-refractivity contribution in [3.63, 3.8) is 0 Å². The molecule has 0 radical (unpaired) electrons. The first-order valence-electron chi connectivity index (χ1n) is 31.1. The molecule has 6 heteroatoms. The van der Waals surface area contributed by atoms with Gasteiger partial charge >= 0.3 is 0 Å². The Labute approximate surface area is 501 Å². The number of thiophene rings is 1. The average Bonchev–Trinajstić information content (AvgIpc) is 1.18. The number of fused-ring (bicyclic) bond motifs is 15. The maximum atomic E-state index is 7.44. The summed E-state index contributed by atoms with van der Waals surface area (Å²) in [6, 6.07) is 66.4. The van der Waals surface area contributed by atoms with Crippen molar-refractivity contribution < 1.29 is 4.42 Å². The van der Waals surface area contributed by atoms with E-state index in [0.717, 1.165) is 59.0 Å². The van der Waals surface area contributed by atoms with Crippen LogP contribution in [0.4, 0.5) is 45.5 Å². The van der Waals surface area contributed by atoms with Gasteiger partial charge in [0, 0.05) is 65.7 Å². The van der Waals surface area contributed by atoms with Crippen LogP contribution in [0.1, 0.15) is 149 Å². The highest BCUT2D eigenvalue weighted by atomic mass is 32.1. The monoisotopic (exact) mass is 1110 g/mol. The van der Waals surface area contributed by atoms with Gasteiger partial charge in [-0.05, 0) is 159 Å². The number of para-hydroxylation sites is 1. The third kappa shape index (κ3) is 7.19. The molecule has 9 aromatic carbocycles. The summed E-state index contributed by atoms with van der Waals surface area (Å²) in [5, 5.41) is 4.89. The molecule has 0 saturated heterocycles. The molecule has 0 N–H and O–H groups in total. The number of hydrogen-bond donors (Lipinski definition) is 0. The molecule has 2 aromatic heterocycles. The van der Waals surface area contributed by atoms with Gasteiger partial charge in [0.1, 0.15) is 5.58 Å². The smallest absolute Gasteiger partial charge is 0.252 e. The average molecular weight is 1110 g/mol. The van der Waals surface area contributed by atoms with Crippen LogP contribution in [0.2, 0.25) is 0 Å². The molecule has 5 aliphatic rings. The van der Waals surface area contributed by atoms with E-state index in [1.807, 2.05) is 11.3 Å². The number of furan rings is 1. The van der Waals surface area contributed by atoms with Crippen LogP contribution in [-0.2, 0) is 27.1 Å². The minimum Gasteiger partial charge on any atom is -0.454 e. The summed E-state index contributed by atoms with van der Waals surface area (Å²) < 4.78 is 10.1. The van der Waals surface area contributed by atoms with Crippen LogP contribution in [0.15, 0.2) is 174 Å². The summed E-state index contributed by atoms with van der Waals surface area (Å²) in [6.07, 6.45) is 6.93. The van der Waals surface area contributed by atoms with E-state index in [2.05, 4.69) is 268 Å². The van der Waals surface area contributed by atoms with Crippen molar-refractivity contribution in [1.82, 2.24) is 0 Å². The first kappa shape index (κ1) is 52.1. The van der Waals surface area contributed by atoms with Crippen LogP contribution in [0.3, 0.4) is 0 Å². The van der Waals surface area contributed by atoms with Crippen molar-refractivity contribution in [3.05, 3.63) is 198 Å². The van der Waals surface area contributed by atoms with Gasteiger partial charge in [0.15, 0.2) is 5.58 Å². The van der Waals surface area contributed by atoms with Crippen molar-refractivity contribution in [2.75, 3.05) is 14.7 Å². The minimum atomic E-state index is -0.213. The topological polar surface area (TPSA) is 22.9 Å². The number of rotatable bonds is 4. The Morgan fingerprint density at radius 1 is 0.476 bits per heavy atom. The summed E-state index contributed by atoms with van der Waals surface area (Å²) in [5.74, 6) is 0. The van der Waals surface area contributed by atoms with Crippen LogP contribution >= 0.6 is 11.3 Å². The van der Waals surface area contributed by atoms with E-state index < -0.39 is 0 Å². The number of benzene rings is 9. The normalized spacial score (nSPS) is 20.3. The van der Waals surface area contributed by atoms with E-state index >= 15 is 0 Å². The Balaban J connectivity index is 1.10. The third-order valence-corrected chi connectivity index (χ3v) is 22.8. The molecule has 0 bridgehead atoms. The first-order valence-corrected chi connectivity index (χ1v) is 31.9. The molecule has 2 atom stereocenters. The van der Waals surface area contributed by atoms with Crippen LogP contribution in [-0.4, -0.2) is 12.3 Å². The summed E-state index contributed by atoms with van der Waals surface area (Å²) in [4.78, 5) is 8.29. The SMILES string of the molecule is CC(C)(C)c1ccc(N2c3cc(N4c5ccc(C(C)(C)C)cc5C5(C)CCCCC45C)cc4c3B(c3cc5c(cc3N4c3cccc4c3sc3ccccc34)C(C)(C)CCC5(C)C)c3ccc4c(oc5ccccc54)c32)c(-c2ccccc2)c1. The van der Waals surface area contributed by atoms with Crippen LogP contribution < -0.4 is 31.1 Å². The Morgan fingerprint density at radius 2 is 1.12 bits per heavy atom. The molecule has 11 aromatic rings. The third-order valence-electron chi connectivity index (χ3n) is 21.6. The van der Waals surface area contributed by atoms with Crippen molar-refractivity contribution in [1.29, 1.82) is 0 Å². The van der Waals surface area contributed by atoms with E-state index in [-0.39, 0.29) is 39.3 Å². The highest BCUT2D eigenvalue weighted by molar-refractivity contribution is 7.26.